The number of nitrogens with two attached hydrogens (primary N) is 1. The molecule has 4 heteroatoms. The van der Waals surface area contributed by atoms with Gasteiger partial charge in [-0.2, -0.15) is 0 Å². The van der Waals surface area contributed by atoms with E-state index in [1.54, 1.807) is 11.3 Å². The third-order valence-electron chi connectivity index (χ3n) is 2.85. The van der Waals surface area contributed by atoms with Crippen LogP contribution >= 0.6 is 11.3 Å². The number of halogens is 2. The molecule has 2 rings (SSSR count). The van der Waals surface area contributed by atoms with Crippen LogP contribution < -0.4 is 5.73 Å². The maximum atomic E-state index is 13.5. The van der Waals surface area contributed by atoms with Crippen LogP contribution in [0.15, 0.2) is 30.3 Å². The van der Waals surface area contributed by atoms with Crippen molar-refractivity contribution in [3.8, 4) is 0 Å². The van der Waals surface area contributed by atoms with E-state index in [1.165, 1.54) is 17.0 Å². The Bertz CT molecular complexity index is 536. The molecule has 0 aliphatic heterocycles. The fourth-order valence-electron chi connectivity index (χ4n) is 1.81. The maximum Gasteiger partial charge on any atom is 0.129 e. The molecular weight excluding hydrogens is 252 g/mol. The van der Waals surface area contributed by atoms with E-state index < -0.39 is 11.6 Å². The highest BCUT2D eigenvalue weighted by molar-refractivity contribution is 7.12. The van der Waals surface area contributed by atoms with Crippen molar-refractivity contribution in [1.82, 2.24) is 0 Å². The highest BCUT2D eigenvalue weighted by Gasteiger charge is 2.12. The third kappa shape index (κ3) is 2.94. The Balaban J connectivity index is 2.13. The molecule has 0 amide bonds. The molecule has 1 atom stereocenters. The molecule has 0 radical (unpaired) electrons. The Morgan fingerprint density at radius 3 is 2.61 bits per heavy atom. The molecule has 0 saturated carbocycles. The smallest absolute Gasteiger partial charge is 0.129 e. The largest absolute Gasteiger partial charge is 0.323 e. The van der Waals surface area contributed by atoms with Crippen molar-refractivity contribution in [2.45, 2.75) is 25.8 Å². The van der Waals surface area contributed by atoms with Crippen LogP contribution in [0.4, 0.5) is 8.78 Å². The number of thiophene rings is 1. The van der Waals surface area contributed by atoms with Crippen LogP contribution in [0.1, 0.15) is 28.3 Å². The fourth-order valence-corrected chi connectivity index (χ4v) is 2.76. The molecule has 0 fully saturated rings. The van der Waals surface area contributed by atoms with Crippen molar-refractivity contribution >= 4 is 11.3 Å². The van der Waals surface area contributed by atoms with Crippen LogP contribution in [0.3, 0.4) is 0 Å². The summed E-state index contributed by atoms with van der Waals surface area (Å²) in [4.78, 5) is 2.30. The van der Waals surface area contributed by atoms with Crippen molar-refractivity contribution in [2.75, 3.05) is 0 Å². The minimum Gasteiger partial charge on any atom is -0.323 e. The summed E-state index contributed by atoms with van der Waals surface area (Å²) in [6, 6.07) is 7.40. The van der Waals surface area contributed by atoms with Gasteiger partial charge >= 0.3 is 0 Å². The summed E-state index contributed by atoms with van der Waals surface area (Å²) in [5.41, 5.74) is 6.51. The van der Waals surface area contributed by atoms with Gasteiger partial charge in [-0.05, 0) is 36.6 Å². The summed E-state index contributed by atoms with van der Waals surface area (Å²) < 4.78 is 26.3. The molecule has 1 aromatic carbocycles. The molecule has 0 aliphatic rings. The number of hydrogen-bond acceptors (Lipinski definition) is 2. The van der Waals surface area contributed by atoms with Crippen LogP contribution in [0.5, 0.6) is 0 Å². The number of rotatable bonds is 4. The van der Waals surface area contributed by atoms with Gasteiger partial charge in [0.2, 0.25) is 0 Å². The predicted octanol–water partition coefficient (Wildman–Crippen LogP) is 3.83. The second kappa shape index (κ2) is 5.59. The van der Waals surface area contributed by atoms with Crippen LogP contribution in [-0.4, -0.2) is 0 Å². The van der Waals surface area contributed by atoms with Crippen molar-refractivity contribution in [1.29, 1.82) is 0 Å². The van der Waals surface area contributed by atoms with Crippen LogP contribution in [-0.2, 0) is 12.8 Å². The van der Waals surface area contributed by atoms with Gasteiger partial charge in [0, 0.05) is 21.9 Å². The molecule has 0 saturated heterocycles. The molecule has 1 nitrogen and oxygen atoms in total. The molecule has 1 heterocycles. The molecule has 0 bridgehead atoms. The standard InChI is InChI=1S/C14H15F2NS/c1-2-11-5-6-14(18-11)13(17)7-9-3-4-10(15)8-12(9)16/h3-6,8,13H,2,7,17H2,1H3. The van der Waals surface area contributed by atoms with Crippen LogP contribution in [0.2, 0.25) is 0 Å². The molecule has 1 unspecified atom stereocenters. The van der Waals surface area contributed by atoms with E-state index in [0.717, 1.165) is 17.4 Å². The lowest BCUT2D eigenvalue weighted by Crippen LogP contribution is -2.12. The van der Waals surface area contributed by atoms with Crippen LogP contribution in [0.25, 0.3) is 0 Å². The van der Waals surface area contributed by atoms with Gasteiger partial charge in [0.25, 0.3) is 0 Å². The first kappa shape index (κ1) is 13.2. The SMILES string of the molecule is CCc1ccc(C(N)Cc2ccc(F)cc2F)s1. The molecule has 2 aromatic rings. The van der Waals surface area contributed by atoms with E-state index in [4.69, 9.17) is 5.73 Å². The van der Waals surface area contributed by atoms with Crippen molar-refractivity contribution in [3.05, 3.63) is 57.3 Å². The van der Waals surface area contributed by atoms with Gasteiger partial charge in [-0.15, -0.1) is 11.3 Å². The summed E-state index contributed by atoms with van der Waals surface area (Å²) in [6.07, 6.45) is 1.36. The Hall–Kier alpha value is -1.26. The van der Waals surface area contributed by atoms with Crippen molar-refractivity contribution in [2.24, 2.45) is 5.73 Å². The van der Waals surface area contributed by atoms with E-state index in [2.05, 4.69) is 6.92 Å². The first-order chi connectivity index (χ1) is 8.60. The lowest BCUT2D eigenvalue weighted by Gasteiger charge is -2.10. The third-order valence-corrected chi connectivity index (χ3v) is 4.21. The van der Waals surface area contributed by atoms with E-state index in [1.807, 2.05) is 12.1 Å². The van der Waals surface area contributed by atoms with E-state index in [0.29, 0.717) is 12.0 Å². The summed E-state index contributed by atoms with van der Waals surface area (Å²) in [6.45, 7) is 2.08. The number of benzene rings is 1. The van der Waals surface area contributed by atoms with Gasteiger partial charge in [-0.25, -0.2) is 8.78 Å². The zero-order valence-corrected chi connectivity index (χ0v) is 10.9. The predicted molar refractivity (Wildman–Crippen MR) is 70.7 cm³/mol. The Morgan fingerprint density at radius 1 is 1.22 bits per heavy atom. The second-order valence-corrected chi connectivity index (χ2v) is 5.40. The Labute approximate surface area is 109 Å². The highest BCUT2D eigenvalue weighted by atomic mass is 32.1. The number of aryl methyl sites for hydroxylation is 1. The summed E-state index contributed by atoms with van der Waals surface area (Å²) in [5, 5.41) is 0. The molecule has 1 aromatic heterocycles. The minimum absolute atomic E-state index is 0.240. The van der Waals surface area contributed by atoms with Gasteiger partial charge in [0.15, 0.2) is 0 Å². The summed E-state index contributed by atoms with van der Waals surface area (Å²) >= 11 is 1.65. The van der Waals surface area contributed by atoms with Gasteiger partial charge in [0.1, 0.15) is 11.6 Å². The zero-order valence-electron chi connectivity index (χ0n) is 10.1. The zero-order chi connectivity index (χ0) is 13.1. The summed E-state index contributed by atoms with van der Waals surface area (Å²) in [7, 11) is 0. The van der Waals surface area contributed by atoms with E-state index in [-0.39, 0.29) is 6.04 Å². The van der Waals surface area contributed by atoms with Gasteiger partial charge in [-0.1, -0.05) is 13.0 Å². The highest BCUT2D eigenvalue weighted by Crippen LogP contribution is 2.25. The molecule has 0 spiro atoms. The molecule has 18 heavy (non-hydrogen) atoms. The van der Waals surface area contributed by atoms with Crippen LogP contribution in [0, 0.1) is 11.6 Å². The lowest BCUT2D eigenvalue weighted by atomic mass is 10.0. The van der Waals surface area contributed by atoms with E-state index >= 15 is 0 Å². The fraction of sp³-hybridized carbons (Fsp3) is 0.286. The second-order valence-electron chi connectivity index (χ2n) is 4.20. The first-order valence-corrected chi connectivity index (χ1v) is 6.70. The quantitative estimate of drug-likeness (QED) is 0.895. The first-order valence-electron chi connectivity index (χ1n) is 5.88. The van der Waals surface area contributed by atoms with E-state index in [9.17, 15) is 8.78 Å². The molecular formula is C14H15F2NS. The minimum atomic E-state index is -0.561. The monoisotopic (exact) mass is 267 g/mol. The lowest BCUT2D eigenvalue weighted by molar-refractivity contribution is 0.564. The molecule has 2 N–H and O–H groups in total. The normalized spacial score (nSPS) is 12.7. The average Bonchev–Trinajstić information content (AvgIpc) is 2.81. The van der Waals surface area contributed by atoms with Gasteiger partial charge < -0.3 is 5.73 Å². The Kier molecular flexibility index (Phi) is 4.09. The number of hydrogen-bond donors (Lipinski definition) is 1. The topological polar surface area (TPSA) is 26.0 Å². The molecule has 96 valence electrons. The maximum absolute atomic E-state index is 13.5. The average molecular weight is 267 g/mol. The van der Waals surface area contributed by atoms with Crippen molar-refractivity contribution in [3.63, 3.8) is 0 Å². The van der Waals surface area contributed by atoms with Crippen molar-refractivity contribution < 1.29 is 8.78 Å². The Morgan fingerprint density at radius 2 is 2.00 bits per heavy atom. The van der Waals surface area contributed by atoms with Gasteiger partial charge in [0.05, 0.1) is 0 Å². The molecule has 0 aliphatic carbocycles. The van der Waals surface area contributed by atoms with Gasteiger partial charge in [-0.3, -0.25) is 0 Å². The summed E-state index contributed by atoms with van der Waals surface area (Å²) in [5.74, 6) is -1.09.